The van der Waals surface area contributed by atoms with E-state index in [0.717, 1.165) is 0 Å². The van der Waals surface area contributed by atoms with E-state index in [2.05, 4.69) is 41.8 Å². The van der Waals surface area contributed by atoms with Gasteiger partial charge >= 0.3 is 93.6 Å². The van der Waals surface area contributed by atoms with Crippen molar-refractivity contribution in [1.82, 2.24) is 0 Å². The molecule has 9 N–H and O–H groups in total. The Balaban J connectivity index is 2.98. The van der Waals surface area contributed by atoms with Crippen molar-refractivity contribution in [3.05, 3.63) is 0 Å². The van der Waals surface area contributed by atoms with Crippen molar-refractivity contribution in [3.8, 4) is 0 Å². The molecule has 2 fully saturated rings. The van der Waals surface area contributed by atoms with Gasteiger partial charge in [-0.05, 0) is 0 Å². The molecule has 2 heterocycles. The van der Waals surface area contributed by atoms with E-state index in [1.807, 2.05) is 0 Å². The van der Waals surface area contributed by atoms with Crippen molar-refractivity contribution in [2.45, 2.75) is 85.8 Å². The highest BCUT2D eigenvalue weighted by molar-refractivity contribution is 7.82. The van der Waals surface area contributed by atoms with Gasteiger partial charge in [0.2, 0.25) is 0 Å². The smallest absolute Gasteiger partial charge is 0.376 e. The minimum absolute atomic E-state index is 0.593. The third-order valence-corrected chi connectivity index (χ3v) is 12.9. The van der Waals surface area contributed by atoms with Crippen LogP contribution in [0.2, 0.25) is 0 Å². The van der Waals surface area contributed by atoms with Gasteiger partial charge in [-0.2, -0.15) is 75.8 Å². The minimum atomic E-state index is -6.27. The van der Waals surface area contributed by atoms with Crippen molar-refractivity contribution in [2.24, 2.45) is 0 Å². The molecule has 75 heavy (non-hydrogen) atoms. The van der Waals surface area contributed by atoms with Gasteiger partial charge in [-0.1, -0.05) is 0 Å². The van der Waals surface area contributed by atoms with E-state index in [1.165, 1.54) is 0 Å². The lowest BCUT2D eigenvalue weighted by Gasteiger charge is -2.45. The molecular formula is C20H38O45S10. The standard InChI is InChI=1S/C20H38O45S10/c1-50-11(12(51-2)10(59-69(29,30)31)6-55-68(26,27)28)9(58-66(21)22)4-53-20-17(64-74(44,45)46)15(62-72(38,39)40)13(60-70(32,33)34)7(56-20)3-52-19-18(65-75(47,48)49)16(63-73(41,42)43)14(61-71(35,36)37)8(57-19)5-54-67(23,24)25/h7-20,66H,3-6H2,1-2H3,(H,23,24,25)(H,26,27,28)(H,29,30,31)(H,32,33,34)(H,35,36,37)(H,38,39,40)(H,41,42,43)(H,44,45,46)(H,47,48,49)/t7-,8-,9-,10-,11-,12-,13-,14-,15+,16+,17-,18-,19-,20-/m1/s1. The molecule has 448 valence electrons. The van der Waals surface area contributed by atoms with Crippen LogP contribution in [0, 0.1) is 0 Å². The van der Waals surface area contributed by atoms with Crippen LogP contribution in [0.15, 0.2) is 0 Å². The first kappa shape index (κ1) is 69.6. The fourth-order valence-corrected chi connectivity index (χ4v) is 10.6. The third-order valence-electron chi connectivity index (χ3n) is 8.26. The van der Waals surface area contributed by atoms with E-state index in [9.17, 15) is 116 Å². The highest BCUT2D eigenvalue weighted by Gasteiger charge is 2.57. The monoisotopic (exact) mass is 1320 g/mol. The Bertz CT molecular complexity index is 3030. The Labute approximate surface area is 424 Å². The van der Waals surface area contributed by atoms with Crippen LogP contribution in [0.5, 0.6) is 0 Å². The van der Waals surface area contributed by atoms with Crippen LogP contribution in [-0.2, 0) is 175 Å². The van der Waals surface area contributed by atoms with Crippen LogP contribution >= 0.6 is 0 Å². The summed E-state index contributed by atoms with van der Waals surface area (Å²) in [7, 11) is -57.3. The molecule has 2 aliphatic heterocycles. The molecule has 55 heteroatoms. The van der Waals surface area contributed by atoms with E-state index in [0.29, 0.717) is 14.2 Å². The van der Waals surface area contributed by atoms with Crippen LogP contribution in [0.1, 0.15) is 0 Å². The Hall–Kier alpha value is -1.50. The third kappa shape index (κ3) is 27.0. The second-order valence-electron chi connectivity index (χ2n) is 13.4. The SMILES string of the molecule is CO[C@@H]([C@H](OC)[C@@H](COS(=O)(=O)O)OS(=O)(=O)O)[C@@H](CO[C@@H]1O[C@H](CO[C@@H]2O[C@H](COS(=O)(=O)O)[C@@H](OS(=O)(=O)O)[C@H](OS(=O)(=O)O)[C@H]2OS(=O)(=O)O)[C@@H](OS(=O)(=O)O)[C@H](OS(=O)(=O)O)[C@H]1OS(=O)(=O)O)O[SH](=O)=O. The van der Waals surface area contributed by atoms with Gasteiger partial charge in [-0.3, -0.25) is 45.2 Å². The maximum Gasteiger partial charge on any atom is 0.397 e. The average Bonchev–Trinajstić information content (AvgIpc) is 3.15. The zero-order chi connectivity index (χ0) is 58.3. The van der Waals surface area contributed by atoms with E-state index >= 15 is 0 Å². The van der Waals surface area contributed by atoms with Crippen LogP contribution < -0.4 is 0 Å². The predicted molar refractivity (Wildman–Crippen MR) is 216 cm³/mol. The molecule has 14 atom stereocenters. The second-order valence-corrected chi connectivity index (χ2v) is 23.6. The molecule has 2 saturated heterocycles. The first-order chi connectivity index (χ1) is 33.5. The molecule has 0 radical (unpaired) electrons. The molecule has 0 aliphatic carbocycles. The van der Waals surface area contributed by atoms with E-state index in [-0.39, 0.29) is 0 Å². The summed E-state index contributed by atoms with van der Waals surface area (Å²) < 4.78 is 394. The molecule has 45 nitrogen and oxygen atoms in total. The van der Waals surface area contributed by atoms with E-state index in [1.54, 1.807) is 0 Å². The second kappa shape index (κ2) is 26.8. The van der Waals surface area contributed by atoms with Crippen molar-refractivity contribution in [3.63, 3.8) is 0 Å². The Morgan fingerprint density at radius 3 is 1.07 bits per heavy atom. The number of methoxy groups -OCH3 is 2. The minimum Gasteiger partial charge on any atom is -0.376 e. The fraction of sp³-hybridized carbons (Fsp3) is 1.00. The summed E-state index contributed by atoms with van der Waals surface area (Å²) in [6, 6.07) is 0. The highest BCUT2D eigenvalue weighted by atomic mass is 32.3. The zero-order valence-corrected chi connectivity index (χ0v) is 44.0. The Kier molecular flexibility index (Phi) is 24.9. The Morgan fingerprint density at radius 2 is 0.733 bits per heavy atom. The maximum atomic E-state index is 12.2. The molecule has 0 unspecified atom stereocenters. The Morgan fingerprint density at radius 1 is 0.400 bits per heavy atom. The highest BCUT2D eigenvalue weighted by Crippen LogP contribution is 2.36. The number of hydrogen-bond acceptors (Lipinski definition) is 36. The molecule has 0 saturated carbocycles. The predicted octanol–water partition coefficient (Wildman–Crippen LogP) is -8.63. The summed E-state index contributed by atoms with van der Waals surface area (Å²) in [4.78, 5) is 0. The maximum absolute atomic E-state index is 12.2. The number of rotatable bonds is 33. The average molecular weight is 1320 g/mol. The van der Waals surface area contributed by atoms with Crippen LogP contribution in [0.25, 0.3) is 0 Å². The van der Waals surface area contributed by atoms with Crippen molar-refractivity contribution in [1.29, 1.82) is 0 Å². The zero-order valence-electron chi connectivity index (χ0n) is 35.8. The molecule has 0 aromatic rings. The summed E-state index contributed by atoms with van der Waals surface area (Å²) in [6.07, 6.45) is -41.7. The van der Waals surface area contributed by atoms with Gasteiger partial charge in [0.05, 0.1) is 26.4 Å². The molecular weight excluding hydrogens is 1280 g/mol. The van der Waals surface area contributed by atoms with Crippen molar-refractivity contribution in [2.75, 3.05) is 40.6 Å². The first-order valence-electron chi connectivity index (χ1n) is 17.7. The lowest BCUT2D eigenvalue weighted by molar-refractivity contribution is -0.321. The molecule has 2 rings (SSSR count). The van der Waals surface area contributed by atoms with Gasteiger partial charge < -0.3 is 28.4 Å². The van der Waals surface area contributed by atoms with E-state index < -0.39 is 217 Å². The summed E-state index contributed by atoms with van der Waals surface area (Å²) >= 11 is 0. The lowest BCUT2D eigenvalue weighted by Crippen LogP contribution is -2.65. The fourth-order valence-electron chi connectivity index (χ4n) is 6.10. The van der Waals surface area contributed by atoms with Gasteiger partial charge in [-0.15, -0.1) is 0 Å². The molecule has 0 aromatic carbocycles. The summed E-state index contributed by atoms with van der Waals surface area (Å²) in [5.74, 6) is 0. The molecule has 2 aliphatic rings. The van der Waals surface area contributed by atoms with Crippen LogP contribution in [0.3, 0.4) is 0 Å². The quantitative estimate of drug-likeness (QED) is 0.0215. The summed E-state index contributed by atoms with van der Waals surface area (Å²) in [5, 5.41) is 0. The summed E-state index contributed by atoms with van der Waals surface area (Å²) in [5.41, 5.74) is 0. The van der Waals surface area contributed by atoms with Gasteiger partial charge in [0.25, 0.3) is 11.0 Å². The largest absolute Gasteiger partial charge is 0.397 e. The van der Waals surface area contributed by atoms with Gasteiger partial charge in [-0.25, -0.2) is 46.1 Å². The molecule has 0 spiro atoms. The van der Waals surface area contributed by atoms with Gasteiger partial charge in [0.1, 0.15) is 61.0 Å². The van der Waals surface area contributed by atoms with Crippen LogP contribution in [0.4, 0.5) is 0 Å². The van der Waals surface area contributed by atoms with Crippen LogP contribution in [-0.4, -0.2) is 252 Å². The lowest BCUT2D eigenvalue weighted by atomic mass is 9.98. The number of thiol groups is 1. The number of hydrogen-bond donors (Lipinski definition) is 10. The first-order valence-corrected chi connectivity index (χ1v) is 31.1. The normalized spacial score (nSPS) is 27.9. The van der Waals surface area contributed by atoms with Crippen molar-refractivity contribution < 1.29 is 195 Å². The molecule has 0 aromatic heterocycles. The molecule has 0 amide bonds. The van der Waals surface area contributed by atoms with E-state index in [4.69, 9.17) is 37.5 Å². The number of ether oxygens (including phenoxy) is 6. The molecule has 0 bridgehead atoms. The summed E-state index contributed by atoms with van der Waals surface area (Å²) in [6.45, 7) is -7.31. The van der Waals surface area contributed by atoms with Crippen molar-refractivity contribution >= 4 is 105 Å². The van der Waals surface area contributed by atoms with Gasteiger partial charge in [0.15, 0.2) is 24.8 Å². The van der Waals surface area contributed by atoms with Gasteiger partial charge in [0, 0.05) is 14.2 Å². The topological polar surface area (TPSA) is 671 Å².